The molecule has 0 bridgehead atoms. The molecule has 0 radical (unpaired) electrons. The summed E-state index contributed by atoms with van der Waals surface area (Å²) in [6.45, 7) is 3.94. The Hall–Kier alpha value is -2.89. The quantitative estimate of drug-likeness (QED) is 0.795. The lowest BCUT2D eigenvalue weighted by Crippen LogP contribution is -2.23. The lowest BCUT2D eigenvalue weighted by molar-refractivity contribution is 0.0957. The summed E-state index contributed by atoms with van der Waals surface area (Å²) in [5, 5.41) is 5.70. The molecule has 0 atom stereocenters. The van der Waals surface area contributed by atoms with Crippen molar-refractivity contribution in [2.24, 2.45) is 0 Å². The second-order valence-corrected chi connectivity index (χ2v) is 4.12. The van der Waals surface area contributed by atoms with Gasteiger partial charge in [0.2, 0.25) is 5.95 Å². The van der Waals surface area contributed by atoms with Crippen LogP contribution in [0.2, 0.25) is 0 Å². The topological polar surface area (TPSA) is 76.1 Å². The molecule has 0 unspecified atom stereocenters. The first-order valence-corrected chi connectivity index (χ1v) is 6.35. The van der Waals surface area contributed by atoms with Gasteiger partial charge >= 0.3 is 0 Å². The Morgan fingerprint density at radius 3 is 2.71 bits per heavy atom. The number of methoxy groups -OCH3 is 1. The zero-order valence-electron chi connectivity index (χ0n) is 11.7. The fraction of sp³-hybridized carbons (Fsp3) is 0.133. The Morgan fingerprint density at radius 1 is 1.33 bits per heavy atom. The minimum Gasteiger partial charge on any atom is -0.495 e. The third-order valence-corrected chi connectivity index (χ3v) is 2.67. The van der Waals surface area contributed by atoms with E-state index >= 15 is 0 Å². The van der Waals surface area contributed by atoms with Gasteiger partial charge in [-0.15, -0.1) is 6.58 Å². The summed E-state index contributed by atoms with van der Waals surface area (Å²) in [5.41, 5.74) is 1.14. The number of hydrogen-bond donors (Lipinski definition) is 2. The van der Waals surface area contributed by atoms with E-state index in [9.17, 15) is 4.79 Å². The Bertz CT molecular complexity index is 626. The average Bonchev–Trinajstić information content (AvgIpc) is 2.54. The van der Waals surface area contributed by atoms with Gasteiger partial charge in [-0.2, -0.15) is 0 Å². The summed E-state index contributed by atoms with van der Waals surface area (Å²) in [6, 6.07) is 7.44. The van der Waals surface area contributed by atoms with Crippen LogP contribution in [0.4, 0.5) is 11.6 Å². The van der Waals surface area contributed by atoms with Crippen molar-refractivity contribution >= 4 is 17.5 Å². The third kappa shape index (κ3) is 3.79. The van der Waals surface area contributed by atoms with Crippen molar-refractivity contribution in [2.45, 2.75) is 0 Å². The van der Waals surface area contributed by atoms with E-state index in [0.717, 1.165) is 5.69 Å². The van der Waals surface area contributed by atoms with Gasteiger partial charge in [0.25, 0.3) is 5.91 Å². The number of rotatable bonds is 6. The molecule has 6 heteroatoms. The van der Waals surface area contributed by atoms with Crippen LogP contribution in [0.1, 0.15) is 10.4 Å². The zero-order valence-corrected chi connectivity index (χ0v) is 11.7. The molecule has 0 aliphatic carbocycles. The van der Waals surface area contributed by atoms with Crippen LogP contribution in [-0.2, 0) is 0 Å². The van der Waals surface area contributed by atoms with Crippen molar-refractivity contribution in [1.82, 2.24) is 15.3 Å². The predicted octanol–water partition coefficient (Wildman–Crippen LogP) is 2.14. The van der Waals surface area contributed by atoms with Crippen molar-refractivity contribution in [1.29, 1.82) is 0 Å². The standard InChI is InChI=1S/C15H16N4O2/c1-3-8-16-14(20)11-9-17-15(18-10-11)19-12-6-4-5-7-13(12)21-2/h3-7,9-10H,1,8H2,2H3,(H,16,20)(H,17,18,19). The van der Waals surface area contributed by atoms with Crippen molar-refractivity contribution < 1.29 is 9.53 Å². The lowest BCUT2D eigenvalue weighted by Gasteiger charge is -2.09. The number of nitrogens with zero attached hydrogens (tertiary/aromatic N) is 2. The smallest absolute Gasteiger partial charge is 0.254 e. The molecule has 0 aliphatic heterocycles. The largest absolute Gasteiger partial charge is 0.495 e. The van der Waals surface area contributed by atoms with E-state index in [2.05, 4.69) is 27.2 Å². The highest BCUT2D eigenvalue weighted by Crippen LogP contribution is 2.25. The molecule has 2 N–H and O–H groups in total. The monoisotopic (exact) mass is 284 g/mol. The molecular weight excluding hydrogens is 268 g/mol. The van der Waals surface area contributed by atoms with Crippen LogP contribution in [0.5, 0.6) is 5.75 Å². The van der Waals surface area contributed by atoms with Gasteiger partial charge in [0.05, 0.1) is 18.4 Å². The highest BCUT2D eigenvalue weighted by molar-refractivity contribution is 5.93. The maximum Gasteiger partial charge on any atom is 0.254 e. The first-order valence-electron chi connectivity index (χ1n) is 6.35. The van der Waals surface area contributed by atoms with E-state index in [-0.39, 0.29) is 5.91 Å². The molecular formula is C15H16N4O2. The van der Waals surface area contributed by atoms with E-state index in [4.69, 9.17) is 4.74 Å². The maximum atomic E-state index is 11.7. The SMILES string of the molecule is C=CCNC(=O)c1cnc(Nc2ccccc2OC)nc1. The summed E-state index contributed by atoms with van der Waals surface area (Å²) in [5.74, 6) is 0.840. The molecule has 1 aromatic heterocycles. The number of ether oxygens (including phenoxy) is 1. The fourth-order valence-corrected chi connectivity index (χ4v) is 1.65. The van der Waals surface area contributed by atoms with Crippen LogP contribution >= 0.6 is 0 Å². The molecule has 1 amide bonds. The van der Waals surface area contributed by atoms with Gasteiger partial charge in [0.1, 0.15) is 5.75 Å². The number of benzene rings is 1. The first-order chi connectivity index (χ1) is 10.2. The maximum absolute atomic E-state index is 11.7. The van der Waals surface area contributed by atoms with E-state index in [1.165, 1.54) is 12.4 Å². The predicted molar refractivity (Wildman–Crippen MR) is 80.8 cm³/mol. The van der Waals surface area contributed by atoms with E-state index < -0.39 is 0 Å². The second kappa shape index (κ2) is 7.04. The van der Waals surface area contributed by atoms with Crippen LogP contribution in [0, 0.1) is 0 Å². The summed E-state index contributed by atoms with van der Waals surface area (Å²) >= 11 is 0. The molecule has 2 aromatic rings. The molecule has 6 nitrogen and oxygen atoms in total. The molecule has 0 saturated carbocycles. The van der Waals surface area contributed by atoms with Crippen molar-refractivity contribution in [3.05, 3.63) is 54.9 Å². The molecule has 0 saturated heterocycles. The van der Waals surface area contributed by atoms with E-state index in [1.54, 1.807) is 13.2 Å². The lowest BCUT2D eigenvalue weighted by atomic mass is 10.3. The molecule has 0 fully saturated rings. The first kappa shape index (κ1) is 14.5. The number of hydrogen-bond acceptors (Lipinski definition) is 5. The van der Waals surface area contributed by atoms with Gasteiger partial charge in [0, 0.05) is 18.9 Å². The Labute approximate surface area is 122 Å². The summed E-state index contributed by atoms with van der Waals surface area (Å²) < 4.78 is 5.23. The van der Waals surface area contributed by atoms with Crippen LogP contribution in [0.3, 0.4) is 0 Å². The number of carbonyl (C=O) groups is 1. The zero-order chi connectivity index (χ0) is 15.1. The van der Waals surface area contributed by atoms with Gasteiger partial charge in [-0.25, -0.2) is 9.97 Å². The highest BCUT2D eigenvalue weighted by Gasteiger charge is 2.07. The number of aromatic nitrogens is 2. The molecule has 1 aromatic carbocycles. The minimum atomic E-state index is -0.237. The van der Waals surface area contributed by atoms with Gasteiger partial charge in [-0.1, -0.05) is 18.2 Å². The van der Waals surface area contributed by atoms with Crippen molar-refractivity contribution in [3.8, 4) is 5.75 Å². The van der Waals surface area contributed by atoms with E-state index in [0.29, 0.717) is 23.8 Å². The minimum absolute atomic E-state index is 0.237. The summed E-state index contributed by atoms with van der Waals surface area (Å²) in [7, 11) is 1.59. The number of carbonyl (C=O) groups excluding carboxylic acids is 1. The van der Waals surface area contributed by atoms with Gasteiger partial charge < -0.3 is 15.4 Å². The van der Waals surface area contributed by atoms with Crippen molar-refractivity contribution in [3.63, 3.8) is 0 Å². The molecule has 1 heterocycles. The Morgan fingerprint density at radius 2 is 2.05 bits per heavy atom. The van der Waals surface area contributed by atoms with Crippen LogP contribution in [-0.4, -0.2) is 29.5 Å². The Balaban J connectivity index is 2.09. The van der Waals surface area contributed by atoms with Crippen LogP contribution < -0.4 is 15.4 Å². The number of anilines is 2. The molecule has 0 spiro atoms. The van der Waals surface area contributed by atoms with E-state index in [1.807, 2.05) is 24.3 Å². The normalized spacial score (nSPS) is 9.76. The third-order valence-electron chi connectivity index (χ3n) is 2.67. The average molecular weight is 284 g/mol. The number of nitrogens with one attached hydrogen (secondary N) is 2. The van der Waals surface area contributed by atoms with Gasteiger partial charge in [-0.05, 0) is 12.1 Å². The highest BCUT2D eigenvalue weighted by atomic mass is 16.5. The molecule has 108 valence electrons. The molecule has 2 rings (SSSR count). The summed E-state index contributed by atoms with van der Waals surface area (Å²) in [4.78, 5) is 19.9. The fourth-order valence-electron chi connectivity index (χ4n) is 1.65. The van der Waals surface area contributed by atoms with Crippen LogP contribution in [0.25, 0.3) is 0 Å². The second-order valence-electron chi connectivity index (χ2n) is 4.12. The molecule has 0 aliphatic rings. The van der Waals surface area contributed by atoms with Gasteiger partial charge in [-0.3, -0.25) is 4.79 Å². The Kier molecular flexibility index (Phi) is 4.87. The van der Waals surface area contributed by atoms with Crippen LogP contribution in [0.15, 0.2) is 49.3 Å². The number of para-hydroxylation sites is 2. The van der Waals surface area contributed by atoms with Crippen molar-refractivity contribution in [2.75, 3.05) is 19.0 Å². The molecule has 21 heavy (non-hydrogen) atoms. The number of amides is 1. The van der Waals surface area contributed by atoms with Gasteiger partial charge in [0.15, 0.2) is 0 Å². The summed E-state index contributed by atoms with van der Waals surface area (Å²) in [6.07, 6.45) is 4.53.